The molecule has 19 heavy (non-hydrogen) atoms. The van der Waals surface area contributed by atoms with Crippen LogP contribution in [0, 0.1) is 0 Å². The maximum Gasteiger partial charge on any atom is 0.323 e. The van der Waals surface area contributed by atoms with E-state index in [1.165, 1.54) is 0 Å². The number of rotatable bonds is 7. The van der Waals surface area contributed by atoms with E-state index in [-0.39, 0.29) is 12.5 Å². The molecule has 0 aromatic heterocycles. The molecule has 1 unspecified atom stereocenters. The lowest BCUT2D eigenvalue weighted by molar-refractivity contribution is -0.150. The molecule has 1 N–H and O–H groups in total. The third kappa shape index (κ3) is 3.44. The molecule has 0 spiro atoms. The number of hydrogen-bond donors (Lipinski definition) is 1. The van der Waals surface area contributed by atoms with Crippen molar-refractivity contribution in [3.8, 4) is 0 Å². The van der Waals surface area contributed by atoms with Crippen molar-refractivity contribution in [3.63, 3.8) is 0 Å². The monoisotopic (exact) mass is 266 g/mol. The number of aliphatic carboxylic acids is 1. The highest BCUT2D eigenvalue weighted by Crippen LogP contribution is 2.28. The van der Waals surface area contributed by atoms with Crippen LogP contribution in [0.1, 0.15) is 19.8 Å². The highest BCUT2D eigenvalue weighted by atomic mass is 16.4. The fourth-order valence-electron chi connectivity index (χ4n) is 2.37. The number of carboxylic acids is 1. The van der Waals surface area contributed by atoms with Gasteiger partial charge in [0.25, 0.3) is 0 Å². The van der Waals surface area contributed by atoms with Gasteiger partial charge in [-0.3, -0.25) is 14.5 Å². The minimum absolute atomic E-state index is 0.0887. The molecule has 1 rings (SSSR count). The first-order valence-electron chi connectivity index (χ1n) is 6.43. The third-order valence-corrected chi connectivity index (χ3v) is 3.63. The van der Waals surface area contributed by atoms with Crippen LogP contribution in [0.5, 0.6) is 0 Å². The third-order valence-electron chi connectivity index (χ3n) is 3.63. The Hall–Kier alpha value is -1.62. The summed E-state index contributed by atoms with van der Waals surface area (Å²) in [6.07, 6.45) is 4.70. The fraction of sp³-hybridized carbons (Fsp3) is 0.571. The second kappa shape index (κ2) is 6.52. The van der Waals surface area contributed by atoms with Crippen molar-refractivity contribution in [2.75, 3.05) is 26.2 Å². The van der Waals surface area contributed by atoms with Crippen molar-refractivity contribution < 1.29 is 14.7 Å². The Labute approximate surface area is 114 Å². The van der Waals surface area contributed by atoms with Gasteiger partial charge in [-0.1, -0.05) is 12.2 Å². The van der Waals surface area contributed by atoms with E-state index >= 15 is 0 Å². The standard InChI is InChI=1S/C14H22N2O3/c1-4-8-15(9-5-2)12(17)11-16-10-6-7-14(16,3)13(18)19/h4-5H,1-2,6-11H2,3H3,(H,18,19). The zero-order valence-corrected chi connectivity index (χ0v) is 11.5. The van der Waals surface area contributed by atoms with Gasteiger partial charge in [-0.25, -0.2) is 0 Å². The second-order valence-electron chi connectivity index (χ2n) is 4.98. The Morgan fingerprint density at radius 2 is 1.95 bits per heavy atom. The maximum absolute atomic E-state index is 12.2. The van der Waals surface area contributed by atoms with Gasteiger partial charge in [0.15, 0.2) is 0 Å². The topological polar surface area (TPSA) is 60.9 Å². The molecule has 0 aromatic carbocycles. The van der Waals surface area contributed by atoms with Gasteiger partial charge in [-0.2, -0.15) is 0 Å². The number of carbonyl (C=O) groups is 2. The van der Waals surface area contributed by atoms with Crippen LogP contribution in [0.3, 0.4) is 0 Å². The summed E-state index contributed by atoms with van der Waals surface area (Å²) in [7, 11) is 0. The van der Waals surface area contributed by atoms with E-state index in [2.05, 4.69) is 13.2 Å². The molecular formula is C14H22N2O3. The van der Waals surface area contributed by atoms with Gasteiger partial charge in [-0.05, 0) is 26.3 Å². The van der Waals surface area contributed by atoms with Crippen LogP contribution in [0.25, 0.3) is 0 Å². The van der Waals surface area contributed by atoms with Crippen LogP contribution < -0.4 is 0 Å². The average molecular weight is 266 g/mol. The van der Waals surface area contributed by atoms with Gasteiger partial charge < -0.3 is 10.0 Å². The van der Waals surface area contributed by atoms with Crippen molar-refractivity contribution >= 4 is 11.9 Å². The smallest absolute Gasteiger partial charge is 0.323 e. The molecule has 1 aliphatic rings. The zero-order valence-electron chi connectivity index (χ0n) is 11.5. The Kier molecular flexibility index (Phi) is 5.30. The van der Waals surface area contributed by atoms with E-state index in [9.17, 15) is 14.7 Å². The van der Waals surface area contributed by atoms with E-state index in [4.69, 9.17) is 0 Å². The lowest BCUT2D eigenvalue weighted by atomic mass is 9.99. The molecule has 1 aliphatic heterocycles. The minimum atomic E-state index is -0.927. The molecule has 1 fully saturated rings. The quantitative estimate of drug-likeness (QED) is 0.702. The summed E-state index contributed by atoms with van der Waals surface area (Å²) in [5.74, 6) is -0.953. The Bertz CT molecular complexity index is 371. The van der Waals surface area contributed by atoms with Crippen molar-refractivity contribution in [2.45, 2.75) is 25.3 Å². The SMILES string of the molecule is C=CCN(CC=C)C(=O)CN1CCCC1(C)C(=O)O. The van der Waals surface area contributed by atoms with E-state index in [1.54, 1.807) is 28.9 Å². The summed E-state index contributed by atoms with van der Waals surface area (Å²) < 4.78 is 0. The number of carboxylic acid groups (broad SMARTS) is 1. The Morgan fingerprint density at radius 1 is 1.37 bits per heavy atom. The largest absolute Gasteiger partial charge is 0.480 e. The number of amides is 1. The Balaban J connectivity index is 2.71. The normalized spacial score (nSPS) is 23.0. The summed E-state index contributed by atoms with van der Waals surface area (Å²) in [4.78, 5) is 26.9. The molecule has 0 saturated carbocycles. The fourth-order valence-corrected chi connectivity index (χ4v) is 2.37. The van der Waals surface area contributed by atoms with Gasteiger partial charge in [0, 0.05) is 13.1 Å². The van der Waals surface area contributed by atoms with Gasteiger partial charge >= 0.3 is 5.97 Å². The molecule has 0 bridgehead atoms. The van der Waals surface area contributed by atoms with E-state index < -0.39 is 11.5 Å². The van der Waals surface area contributed by atoms with E-state index in [0.29, 0.717) is 26.1 Å². The lowest BCUT2D eigenvalue weighted by Gasteiger charge is -2.32. The predicted molar refractivity (Wildman–Crippen MR) is 73.8 cm³/mol. The number of hydrogen-bond acceptors (Lipinski definition) is 3. The van der Waals surface area contributed by atoms with Crippen molar-refractivity contribution in [1.82, 2.24) is 9.80 Å². The molecule has 0 aromatic rings. The van der Waals surface area contributed by atoms with Gasteiger partial charge in [0.1, 0.15) is 5.54 Å². The van der Waals surface area contributed by atoms with E-state index in [0.717, 1.165) is 6.42 Å². The Morgan fingerprint density at radius 3 is 2.42 bits per heavy atom. The first kappa shape index (κ1) is 15.4. The van der Waals surface area contributed by atoms with E-state index in [1.807, 2.05) is 0 Å². The van der Waals surface area contributed by atoms with Crippen molar-refractivity contribution in [2.24, 2.45) is 0 Å². The van der Waals surface area contributed by atoms with Gasteiger partial charge in [-0.15, -0.1) is 13.2 Å². The highest BCUT2D eigenvalue weighted by Gasteiger charge is 2.44. The van der Waals surface area contributed by atoms with Crippen LogP contribution in [0.4, 0.5) is 0 Å². The zero-order chi connectivity index (χ0) is 14.5. The number of likely N-dealkylation sites (tertiary alicyclic amines) is 1. The number of nitrogens with zero attached hydrogens (tertiary/aromatic N) is 2. The summed E-state index contributed by atoms with van der Waals surface area (Å²) >= 11 is 0. The molecule has 5 heteroatoms. The van der Waals surface area contributed by atoms with Crippen LogP contribution in [0.15, 0.2) is 25.3 Å². The van der Waals surface area contributed by atoms with Crippen molar-refractivity contribution in [3.05, 3.63) is 25.3 Å². The molecule has 0 radical (unpaired) electrons. The predicted octanol–water partition coefficient (Wildman–Crippen LogP) is 1.13. The van der Waals surface area contributed by atoms with Gasteiger partial charge in [0.05, 0.1) is 6.54 Å². The van der Waals surface area contributed by atoms with Crippen LogP contribution in [0.2, 0.25) is 0 Å². The van der Waals surface area contributed by atoms with Crippen LogP contribution >= 0.6 is 0 Å². The first-order chi connectivity index (χ1) is 8.95. The summed E-state index contributed by atoms with van der Waals surface area (Å²) in [5.41, 5.74) is -0.927. The second-order valence-corrected chi connectivity index (χ2v) is 4.98. The highest BCUT2D eigenvalue weighted by molar-refractivity contribution is 5.82. The maximum atomic E-state index is 12.2. The molecule has 1 heterocycles. The molecule has 106 valence electrons. The summed E-state index contributed by atoms with van der Waals surface area (Å²) in [5, 5.41) is 9.30. The van der Waals surface area contributed by atoms with Crippen LogP contribution in [-0.2, 0) is 9.59 Å². The molecule has 5 nitrogen and oxygen atoms in total. The average Bonchev–Trinajstić information content (AvgIpc) is 2.72. The van der Waals surface area contributed by atoms with Crippen molar-refractivity contribution in [1.29, 1.82) is 0 Å². The number of carbonyl (C=O) groups excluding carboxylic acids is 1. The first-order valence-corrected chi connectivity index (χ1v) is 6.43. The van der Waals surface area contributed by atoms with Gasteiger partial charge in [0.2, 0.25) is 5.91 Å². The van der Waals surface area contributed by atoms with Crippen LogP contribution in [-0.4, -0.2) is 58.5 Å². The molecule has 1 amide bonds. The molecule has 1 saturated heterocycles. The lowest BCUT2D eigenvalue weighted by Crippen LogP contribution is -2.52. The molecule has 1 atom stereocenters. The minimum Gasteiger partial charge on any atom is -0.480 e. The summed E-state index contributed by atoms with van der Waals surface area (Å²) in [6, 6.07) is 0. The molecular weight excluding hydrogens is 244 g/mol. The summed E-state index contributed by atoms with van der Waals surface area (Å²) in [6.45, 7) is 10.6. The molecule has 0 aliphatic carbocycles.